The Morgan fingerprint density at radius 1 is 1.40 bits per heavy atom. The quantitative estimate of drug-likeness (QED) is 0.654. The number of nitrogen functional groups attached to an aromatic ring is 1. The van der Waals surface area contributed by atoms with E-state index in [-0.39, 0.29) is 0 Å². The van der Waals surface area contributed by atoms with E-state index >= 15 is 0 Å². The summed E-state index contributed by atoms with van der Waals surface area (Å²) in [7, 11) is 4.08. The predicted octanol–water partition coefficient (Wildman–Crippen LogP) is 2.19. The van der Waals surface area contributed by atoms with Crippen LogP contribution in [-0.4, -0.2) is 33.9 Å². The zero-order valence-electron chi connectivity index (χ0n) is 11.7. The molecule has 0 aliphatic heterocycles. The molecular formula is C14H19N5S. The maximum absolute atomic E-state index is 5.78. The molecule has 0 atom stereocenters. The number of H-pyrrole nitrogens is 1. The second-order valence-corrected chi connectivity index (χ2v) is 5.09. The lowest BCUT2D eigenvalue weighted by molar-refractivity contribution is 0.589. The number of aromatic nitrogens is 3. The van der Waals surface area contributed by atoms with Crippen LogP contribution in [0.15, 0.2) is 36.4 Å². The van der Waals surface area contributed by atoms with Crippen LogP contribution in [0.5, 0.6) is 0 Å². The van der Waals surface area contributed by atoms with Gasteiger partial charge in [-0.15, -0.1) is 0 Å². The average molecular weight is 289 g/mol. The van der Waals surface area contributed by atoms with Crippen LogP contribution in [0.3, 0.4) is 0 Å². The van der Waals surface area contributed by atoms with E-state index in [1.54, 1.807) is 0 Å². The van der Waals surface area contributed by atoms with E-state index in [2.05, 4.69) is 33.3 Å². The number of allylic oxidation sites excluding steroid dienone is 1. The molecule has 3 N–H and O–H groups in total. The van der Waals surface area contributed by atoms with Crippen molar-refractivity contribution in [3.05, 3.63) is 52.6 Å². The number of nitrogens with zero attached hydrogens (tertiary/aromatic N) is 3. The molecule has 1 aromatic carbocycles. The lowest BCUT2D eigenvalue weighted by atomic mass is 10.1. The summed E-state index contributed by atoms with van der Waals surface area (Å²) in [6, 6.07) is 10.3. The number of aryl methyl sites for hydroxylation is 1. The van der Waals surface area contributed by atoms with Gasteiger partial charge in [-0.2, -0.15) is 5.10 Å². The van der Waals surface area contributed by atoms with Crippen molar-refractivity contribution in [1.29, 1.82) is 0 Å². The van der Waals surface area contributed by atoms with Crippen molar-refractivity contribution in [1.82, 2.24) is 19.8 Å². The Morgan fingerprint density at radius 2 is 2.10 bits per heavy atom. The van der Waals surface area contributed by atoms with Crippen LogP contribution in [0.1, 0.15) is 17.8 Å². The molecule has 0 radical (unpaired) electrons. The summed E-state index contributed by atoms with van der Waals surface area (Å²) >= 11 is 4.99. The largest absolute Gasteiger partial charge is 0.377 e. The van der Waals surface area contributed by atoms with Crippen molar-refractivity contribution in [2.45, 2.75) is 12.8 Å². The van der Waals surface area contributed by atoms with Gasteiger partial charge in [-0.1, -0.05) is 36.4 Å². The molecule has 1 aromatic heterocycles. The first-order valence-electron chi connectivity index (χ1n) is 6.44. The normalized spacial score (nSPS) is 11.6. The van der Waals surface area contributed by atoms with Gasteiger partial charge in [-0.05, 0) is 24.2 Å². The fourth-order valence-corrected chi connectivity index (χ4v) is 2.17. The van der Waals surface area contributed by atoms with E-state index in [1.807, 2.05) is 32.3 Å². The maximum Gasteiger partial charge on any atom is 0.214 e. The molecule has 2 aromatic rings. The van der Waals surface area contributed by atoms with Crippen LogP contribution in [-0.2, 0) is 6.42 Å². The molecule has 20 heavy (non-hydrogen) atoms. The molecule has 0 aliphatic carbocycles. The summed E-state index contributed by atoms with van der Waals surface area (Å²) in [6.07, 6.45) is 3.78. The monoisotopic (exact) mass is 289 g/mol. The molecule has 0 fully saturated rings. The van der Waals surface area contributed by atoms with Crippen LogP contribution < -0.4 is 5.84 Å². The number of rotatable bonds is 5. The molecule has 0 spiro atoms. The van der Waals surface area contributed by atoms with Gasteiger partial charge in [-0.3, -0.25) is 5.10 Å². The number of nitrogens with one attached hydrogen (secondary N) is 1. The summed E-state index contributed by atoms with van der Waals surface area (Å²) in [4.78, 5) is 2.11. The molecule has 0 unspecified atom stereocenters. The maximum atomic E-state index is 5.78. The molecule has 0 saturated carbocycles. The topological polar surface area (TPSA) is 62.9 Å². The average Bonchev–Trinajstić information content (AvgIpc) is 2.76. The van der Waals surface area contributed by atoms with Gasteiger partial charge in [0.05, 0.1) is 0 Å². The van der Waals surface area contributed by atoms with Crippen LogP contribution in [0.4, 0.5) is 0 Å². The molecule has 2 rings (SSSR count). The molecule has 0 bridgehead atoms. The van der Waals surface area contributed by atoms with Crippen LogP contribution in [0.2, 0.25) is 0 Å². The van der Waals surface area contributed by atoms with Crippen molar-refractivity contribution < 1.29 is 0 Å². The summed E-state index contributed by atoms with van der Waals surface area (Å²) in [5, 5.41) is 6.80. The lowest BCUT2D eigenvalue weighted by Crippen LogP contribution is -2.13. The highest BCUT2D eigenvalue weighted by Crippen LogP contribution is 2.17. The van der Waals surface area contributed by atoms with Crippen molar-refractivity contribution >= 4 is 17.9 Å². The zero-order chi connectivity index (χ0) is 14.5. The molecule has 0 saturated heterocycles. The number of benzene rings is 1. The Bertz CT molecular complexity index is 639. The first kappa shape index (κ1) is 14.3. The van der Waals surface area contributed by atoms with Crippen molar-refractivity contribution in [3.63, 3.8) is 0 Å². The van der Waals surface area contributed by atoms with Gasteiger partial charge in [0, 0.05) is 26.2 Å². The van der Waals surface area contributed by atoms with Gasteiger partial charge in [0.2, 0.25) is 4.77 Å². The SMILES string of the molecule is CN(C)C(=CCCc1n[nH]c(=S)n1N)c1ccccc1. The van der Waals surface area contributed by atoms with E-state index in [4.69, 9.17) is 18.1 Å². The third kappa shape index (κ3) is 3.27. The van der Waals surface area contributed by atoms with Gasteiger partial charge in [0.1, 0.15) is 0 Å². The highest BCUT2D eigenvalue weighted by Gasteiger charge is 2.05. The number of nitrogens with two attached hydrogens (primary N) is 1. The molecule has 106 valence electrons. The smallest absolute Gasteiger partial charge is 0.214 e. The number of aromatic amines is 1. The molecular weight excluding hydrogens is 270 g/mol. The first-order valence-corrected chi connectivity index (χ1v) is 6.84. The molecule has 6 heteroatoms. The third-order valence-corrected chi connectivity index (χ3v) is 3.32. The van der Waals surface area contributed by atoms with Gasteiger partial charge < -0.3 is 10.7 Å². The van der Waals surface area contributed by atoms with Crippen LogP contribution in [0, 0.1) is 4.77 Å². The van der Waals surface area contributed by atoms with Crippen molar-refractivity contribution in [3.8, 4) is 0 Å². The van der Waals surface area contributed by atoms with Crippen LogP contribution >= 0.6 is 12.2 Å². The second kappa shape index (κ2) is 6.38. The summed E-state index contributed by atoms with van der Waals surface area (Å²) in [5.41, 5.74) is 2.38. The zero-order valence-corrected chi connectivity index (χ0v) is 12.5. The first-order chi connectivity index (χ1) is 9.59. The summed E-state index contributed by atoms with van der Waals surface area (Å²) in [6.45, 7) is 0. The highest BCUT2D eigenvalue weighted by molar-refractivity contribution is 7.71. The fraction of sp³-hybridized carbons (Fsp3) is 0.286. The van der Waals surface area contributed by atoms with E-state index in [9.17, 15) is 0 Å². The predicted molar refractivity (Wildman–Crippen MR) is 84.0 cm³/mol. The van der Waals surface area contributed by atoms with E-state index in [0.717, 1.165) is 18.7 Å². The minimum absolute atomic E-state index is 0.444. The van der Waals surface area contributed by atoms with Crippen LogP contribution in [0.25, 0.3) is 5.70 Å². The molecule has 0 amide bonds. The van der Waals surface area contributed by atoms with E-state index < -0.39 is 0 Å². The van der Waals surface area contributed by atoms with E-state index in [0.29, 0.717) is 4.77 Å². The minimum atomic E-state index is 0.444. The Hall–Kier alpha value is -2.08. The third-order valence-electron chi connectivity index (χ3n) is 3.03. The highest BCUT2D eigenvalue weighted by atomic mass is 32.1. The van der Waals surface area contributed by atoms with E-state index in [1.165, 1.54) is 15.9 Å². The van der Waals surface area contributed by atoms with Crippen molar-refractivity contribution in [2.24, 2.45) is 0 Å². The summed E-state index contributed by atoms with van der Waals surface area (Å²) < 4.78 is 1.86. The summed E-state index contributed by atoms with van der Waals surface area (Å²) in [5.74, 6) is 6.54. The second-order valence-electron chi connectivity index (χ2n) is 4.70. The van der Waals surface area contributed by atoms with Gasteiger partial charge in [0.15, 0.2) is 5.82 Å². The number of hydrogen-bond donors (Lipinski definition) is 2. The van der Waals surface area contributed by atoms with Crippen molar-refractivity contribution in [2.75, 3.05) is 19.9 Å². The van der Waals surface area contributed by atoms with Gasteiger partial charge in [0.25, 0.3) is 0 Å². The van der Waals surface area contributed by atoms with Gasteiger partial charge in [-0.25, -0.2) is 4.68 Å². The Kier molecular flexibility index (Phi) is 4.57. The fourth-order valence-electron chi connectivity index (χ4n) is 2.02. The standard InChI is InChI=1S/C14H19N5S/c1-18(2)12(11-7-4-3-5-8-11)9-6-10-13-16-17-14(20)19(13)15/h3-5,7-9H,6,10,15H2,1-2H3,(H,17,20). The molecule has 0 aliphatic rings. The Labute approximate surface area is 123 Å². The Balaban J connectivity index is 2.11. The lowest BCUT2D eigenvalue weighted by Gasteiger charge is -2.17. The number of hydrogen-bond acceptors (Lipinski definition) is 4. The van der Waals surface area contributed by atoms with Gasteiger partial charge >= 0.3 is 0 Å². The Morgan fingerprint density at radius 3 is 2.65 bits per heavy atom. The minimum Gasteiger partial charge on any atom is -0.377 e. The molecule has 1 heterocycles. The molecule has 5 nitrogen and oxygen atoms in total.